The van der Waals surface area contributed by atoms with Crippen molar-refractivity contribution in [2.75, 3.05) is 17.2 Å². The smallest absolute Gasteiger partial charge is 0.276 e. The van der Waals surface area contributed by atoms with Gasteiger partial charge in [-0.1, -0.05) is 49.9 Å². The van der Waals surface area contributed by atoms with Crippen molar-refractivity contribution in [2.24, 2.45) is 0 Å². The first-order chi connectivity index (χ1) is 20.8. The monoisotopic (exact) mass is 572 g/mol. The van der Waals surface area contributed by atoms with Crippen molar-refractivity contribution in [3.05, 3.63) is 125 Å². The number of nitrogens with one attached hydrogen (secondary N) is 3. The first kappa shape index (κ1) is 27.7. The lowest BCUT2D eigenvalue weighted by atomic mass is 9.95. The van der Waals surface area contributed by atoms with Crippen LogP contribution >= 0.6 is 0 Å². The zero-order valence-corrected chi connectivity index (χ0v) is 24.1. The van der Waals surface area contributed by atoms with Crippen molar-refractivity contribution in [3.63, 3.8) is 0 Å². The van der Waals surface area contributed by atoms with Crippen LogP contribution in [0.5, 0.6) is 0 Å². The Hall–Kier alpha value is -5.44. The van der Waals surface area contributed by atoms with Gasteiger partial charge in [-0.3, -0.25) is 19.1 Å². The predicted octanol–water partition coefficient (Wildman–Crippen LogP) is 5.86. The second kappa shape index (κ2) is 11.4. The van der Waals surface area contributed by atoms with Crippen molar-refractivity contribution in [3.8, 4) is 0 Å². The molecule has 9 nitrogen and oxygen atoms in total. The van der Waals surface area contributed by atoms with Crippen LogP contribution in [0.1, 0.15) is 56.2 Å². The molecule has 3 amide bonds. The van der Waals surface area contributed by atoms with E-state index in [0.717, 1.165) is 33.2 Å². The van der Waals surface area contributed by atoms with Crippen LogP contribution in [0.25, 0.3) is 10.8 Å². The molecule has 1 aliphatic rings. The fourth-order valence-corrected chi connectivity index (χ4v) is 5.82. The minimum Gasteiger partial charge on any atom is -0.357 e. The molecule has 216 valence electrons. The van der Waals surface area contributed by atoms with Crippen LogP contribution < -0.4 is 10.6 Å². The van der Waals surface area contributed by atoms with Gasteiger partial charge in [0.1, 0.15) is 5.69 Å². The van der Waals surface area contributed by atoms with E-state index < -0.39 is 0 Å². The third-order valence-corrected chi connectivity index (χ3v) is 7.75. The molecule has 2 aromatic heterocycles. The van der Waals surface area contributed by atoms with E-state index in [9.17, 15) is 14.4 Å². The van der Waals surface area contributed by atoms with Crippen LogP contribution in [0.4, 0.5) is 11.4 Å². The molecule has 1 aliphatic heterocycles. The van der Waals surface area contributed by atoms with Crippen molar-refractivity contribution < 1.29 is 14.4 Å². The molecule has 0 saturated carbocycles. The summed E-state index contributed by atoms with van der Waals surface area (Å²) in [6.07, 6.45) is 2.97. The lowest BCUT2D eigenvalue weighted by molar-refractivity contribution is -0.111. The number of anilines is 2. The van der Waals surface area contributed by atoms with Crippen LogP contribution in [0, 0.1) is 6.92 Å². The molecule has 3 aromatic carbocycles. The number of hydrogen-bond acceptors (Lipinski definition) is 4. The number of aromatic nitrogens is 3. The summed E-state index contributed by atoms with van der Waals surface area (Å²) in [5, 5.41) is 12.7. The number of carbonyl (C=O) groups is 3. The van der Waals surface area contributed by atoms with Gasteiger partial charge in [-0.25, -0.2) is 0 Å². The highest BCUT2D eigenvalue weighted by atomic mass is 16.2. The first-order valence-corrected chi connectivity index (χ1v) is 14.2. The Bertz CT molecular complexity index is 1870. The number of hydrogen-bond donors (Lipinski definition) is 3. The lowest BCUT2D eigenvalue weighted by Gasteiger charge is -2.32. The fraction of sp³-hybridized carbons (Fsp3) is 0.176. The van der Waals surface area contributed by atoms with Gasteiger partial charge >= 0.3 is 0 Å². The van der Waals surface area contributed by atoms with E-state index in [2.05, 4.69) is 29.1 Å². The Labute approximate surface area is 249 Å². The summed E-state index contributed by atoms with van der Waals surface area (Å²) in [6, 6.07) is 22.9. The molecule has 0 aliphatic carbocycles. The van der Waals surface area contributed by atoms with Gasteiger partial charge in [-0.2, -0.15) is 5.10 Å². The number of benzene rings is 3. The van der Waals surface area contributed by atoms with Gasteiger partial charge in [-0.15, -0.1) is 0 Å². The second-order valence-corrected chi connectivity index (χ2v) is 10.9. The van der Waals surface area contributed by atoms with E-state index in [1.165, 1.54) is 6.08 Å². The van der Waals surface area contributed by atoms with Crippen LogP contribution in [0.15, 0.2) is 91.6 Å². The number of fused-ring (bicyclic) bond motifs is 2. The highest BCUT2D eigenvalue weighted by Crippen LogP contribution is 2.33. The quantitative estimate of drug-likeness (QED) is 0.212. The summed E-state index contributed by atoms with van der Waals surface area (Å²) < 4.78 is 1.91. The summed E-state index contributed by atoms with van der Waals surface area (Å²) in [5.74, 6) is -0.768. The number of carbonyl (C=O) groups excluding carboxylic acids is 3. The summed E-state index contributed by atoms with van der Waals surface area (Å²) in [4.78, 5) is 43.6. The molecule has 0 radical (unpaired) electrons. The average Bonchev–Trinajstić information content (AvgIpc) is 3.66. The number of H-pyrrole nitrogens is 1. The highest BCUT2D eigenvalue weighted by Gasteiger charge is 2.34. The SMILES string of the molecule is C=CC(=O)Nc1ccc2c(Cn3nc(C(=O)Nc4cccc(C)c4)c4c3[C@@H](C)CN(C(=O)c3ccc[nH]3)C4)cccc2c1. The number of rotatable bonds is 7. The number of aromatic amines is 1. The van der Waals surface area contributed by atoms with Gasteiger partial charge in [0.2, 0.25) is 5.91 Å². The molecule has 0 unspecified atom stereocenters. The summed E-state index contributed by atoms with van der Waals surface area (Å²) in [5.41, 5.74) is 5.92. The van der Waals surface area contributed by atoms with E-state index in [-0.39, 0.29) is 30.2 Å². The molecule has 0 bridgehead atoms. The van der Waals surface area contributed by atoms with Gasteiger partial charge in [0.05, 0.1) is 13.1 Å². The topological polar surface area (TPSA) is 112 Å². The van der Waals surface area contributed by atoms with Gasteiger partial charge < -0.3 is 20.5 Å². The van der Waals surface area contributed by atoms with Crippen molar-refractivity contribution in [1.82, 2.24) is 19.7 Å². The molecule has 3 heterocycles. The van der Waals surface area contributed by atoms with Gasteiger partial charge in [0.15, 0.2) is 5.69 Å². The lowest BCUT2D eigenvalue weighted by Crippen LogP contribution is -2.38. The van der Waals surface area contributed by atoms with E-state index in [1.807, 2.05) is 72.3 Å². The third-order valence-electron chi connectivity index (χ3n) is 7.75. The summed E-state index contributed by atoms with van der Waals surface area (Å²) in [7, 11) is 0. The summed E-state index contributed by atoms with van der Waals surface area (Å²) >= 11 is 0. The Morgan fingerprint density at radius 3 is 2.60 bits per heavy atom. The molecule has 6 rings (SSSR count). The molecule has 1 atom stereocenters. The van der Waals surface area contributed by atoms with E-state index in [4.69, 9.17) is 5.10 Å². The Morgan fingerprint density at radius 1 is 1.02 bits per heavy atom. The van der Waals surface area contributed by atoms with E-state index in [1.54, 1.807) is 23.2 Å². The zero-order chi connectivity index (χ0) is 30.1. The van der Waals surface area contributed by atoms with Crippen molar-refractivity contribution >= 4 is 39.9 Å². The normalized spacial score (nSPS) is 14.3. The molecular formula is C34H32N6O3. The molecule has 43 heavy (non-hydrogen) atoms. The Kier molecular flexibility index (Phi) is 7.38. The Morgan fingerprint density at radius 2 is 1.84 bits per heavy atom. The second-order valence-electron chi connectivity index (χ2n) is 10.9. The number of amides is 3. The van der Waals surface area contributed by atoms with Crippen LogP contribution in [0.3, 0.4) is 0 Å². The predicted molar refractivity (Wildman–Crippen MR) is 167 cm³/mol. The maximum Gasteiger partial charge on any atom is 0.276 e. The van der Waals surface area contributed by atoms with Gasteiger partial charge in [0.25, 0.3) is 11.8 Å². The van der Waals surface area contributed by atoms with Gasteiger partial charge in [0, 0.05) is 41.3 Å². The number of aryl methyl sites for hydroxylation is 1. The van der Waals surface area contributed by atoms with Crippen LogP contribution in [-0.4, -0.2) is 43.9 Å². The van der Waals surface area contributed by atoms with E-state index >= 15 is 0 Å². The molecule has 5 aromatic rings. The minimum atomic E-state index is -0.317. The largest absolute Gasteiger partial charge is 0.357 e. The first-order valence-electron chi connectivity index (χ1n) is 14.2. The van der Waals surface area contributed by atoms with Crippen molar-refractivity contribution in [2.45, 2.75) is 32.9 Å². The van der Waals surface area contributed by atoms with E-state index in [0.29, 0.717) is 35.9 Å². The van der Waals surface area contributed by atoms with Crippen LogP contribution in [0.2, 0.25) is 0 Å². The maximum absolute atomic E-state index is 13.7. The van der Waals surface area contributed by atoms with Crippen LogP contribution in [-0.2, 0) is 17.9 Å². The molecule has 0 saturated heterocycles. The van der Waals surface area contributed by atoms with Gasteiger partial charge in [-0.05, 0) is 71.3 Å². The summed E-state index contributed by atoms with van der Waals surface area (Å²) in [6.45, 7) is 8.75. The Balaban J connectivity index is 1.38. The molecular weight excluding hydrogens is 540 g/mol. The zero-order valence-electron chi connectivity index (χ0n) is 24.1. The average molecular weight is 573 g/mol. The van der Waals surface area contributed by atoms with Crippen molar-refractivity contribution in [1.29, 1.82) is 0 Å². The minimum absolute atomic E-state index is 0.0635. The molecule has 3 N–H and O–H groups in total. The molecule has 9 heteroatoms. The standard InChI is InChI=1S/C34H32N6O3/c1-4-30(41)36-26-13-14-27-23(17-26)9-6-10-24(27)19-40-32-22(3)18-39(34(43)29-12-7-15-35-29)20-28(32)31(38-40)33(42)37-25-11-5-8-21(2)16-25/h4-17,22,35H,1,18-20H2,2-3H3,(H,36,41)(H,37,42)/t22-/m0/s1. The fourth-order valence-electron chi connectivity index (χ4n) is 5.82. The maximum atomic E-state index is 13.7. The number of nitrogens with zero attached hydrogens (tertiary/aromatic N) is 3. The third kappa shape index (κ3) is 5.57. The highest BCUT2D eigenvalue weighted by molar-refractivity contribution is 6.04. The molecule has 0 spiro atoms. The molecule has 0 fully saturated rings.